The first-order chi connectivity index (χ1) is 15.3. The van der Waals surface area contributed by atoms with E-state index in [-0.39, 0.29) is 19.8 Å². The molecule has 0 bridgehead atoms. The lowest BCUT2D eigenvalue weighted by molar-refractivity contribution is -0.135. The Morgan fingerprint density at radius 3 is 2.53 bits per heavy atom. The van der Waals surface area contributed by atoms with E-state index >= 15 is 0 Å². The van der Waals surface area contributed by atoms with Crippen molar-refractivity contribution < 1.29 is 33.8 Å². The molecule has 0 unspecified atom stereocenters. The molecule has 164 valence electrons. The highest BCUT2D eigenvalue weighted by molar-refractivity contribution is 9.10. The average molecular weight is 501 g/mol. The first-order valence-corrected chi connectivity index (χ1v) is 10.4. The molecule has 0 radical (unpaired) electrons. The molecular formula is C22H17BrN2O7. The quantitative estimate of drug-likeness (QED) is 0.478. The summed E-state index contributed by atoms with van der Waals surface area (Å²) < 4.78 is 11.4. The molecule has 1 saturated heterocycles. The van der Waals surface area contributed by atoms with Crippen molar-refractivity contribution in [2.24, 2.45) is 0 Å². The summed E-state index contributed by atoms with van der Waals surface area (Å²) >= 11 is 3.31. The Balaban J connectivity index is 1.64. The van der Waals surface area contributed by atoms with Crippen molar-refractivity contribution in [1.82, 2.24) is 4.90 Å². The normalized spacial score (nSPS) is 17.3. The Labute approximate surface area is 190 Å². The predicted molar refractivity (Wildman–Crippen MR) is 115 cm³/mol. The molecule has 0 aliphatic carbocycles. The van der Waals surface area contributed by atoms with E-state index in [4.69, 9.17) is 14.6 Å². The Kier molecular flexibility index (Phi) is 5.95. The van der Waals surface area contributed by atoms with Gasteiger partial charge in [0.2, 0.25) is 18.6 Å². The van der Waals surface area contributed by atoms with Crippen LogP contribution in [0.1, 0.15) is 12.0 Å². The number of carbonyl (C=O) groups excluding carboxylic acids is 3. The van der Waals surface area contributed by atoms with Crippen LogP contribution < -0.4 is 14.4 Å². The number of carbonyl (C=O) groups is 4. The molecule has 2 aromatic rings. The maximum atomic E-state index is 13.2. The second-order valence-electron chi connectivity index (χ2n) is 7.09. The van der Waals surface area contributed by atoms with Gasteiger partial charge in [-0.25, -0.2) is 9.69 Å². The third-order valence-corrected chi connectivity index (χ3v) is 5.55. The minimum atomic E-state index is -1.30. The van der Waals surface area contributed by atoms with Crippen molar-refractivity contribution >= 4 is 45.3 Å². The zero-order valence-corrected chi connectivity index (χ0v) is 18.1. The van der Waals surface area contributed by atoms with Gasteiger partial charge in [0.15, 0.2) is 11.5 Å². The van der Waals surface area contributed by atoms with Gasteiger partial charge in [0.1, 0.15) is 6.04 Å². The van der Waals surface area contributed by atoms with Crippen LogP contribution in [0.3, 0.4) is 0 Å². The van der Waals surface area contributed by atoms with Gasteiger partial charge in [0.05, 0.1) is 12.1 Å². The minimum Gasteiger partial charge on any atom is -0.478 e. The van der Waals surface area contributed by atoms with Gasteiger partial charge in [-0.2, -0.15) is 0 Å². The molecule has 0 saturated carbocycles. The first kappa shape index (κ1) is 21.6. The van der Waals surface area contributed by atoms with Crippen LogP contribution in [0, 0.1) is 0 Å². The molecule has 4 rings (SSSR count). The van der Waals surface area contributed by atoms with Crippen LogP contribution in [0.2, 0.25) is 0 Å². The first-order valence-electron chi connectivity index (χ1n) is 9.56. The van der Waals surface area contributed by atoms with Crippen LogP contribution in [-0.4, -0.2) is 46.5 Å². The molecule has 1 N–H and O–H groups in total. The largest absolute Gasteiger partial charge is 0.478 e. The number of imide groups is 1. The number of nitrogens with zero attached hydrogens (tertiary/aromatic N) is 2. The molecule has 2 aliphatic heterocycles. The topological polar surface area (TPSA) is 113 Å². The lowest BCUT2D eigenvalue weighted by Crippen LogP contribution is -2.44. The summed E-state index contributed by atoms with van der Waals surface area (Å²) in [6, 6.07) is 10.6. The fourth-order valence-corrected chi connectivity index (χ4v) is 3.80. The Morgan fingerprint density at radius 2 is 1.81 bits per heavy atom. The van der Waals surface area contributed by atoms with Crippen molar-refractivity contribution in [3.05, 3.63) is 64.7 Å². The van der Waals surface area contributed by atoms with Gasteiger partial charge in [-0.15, -0.1) is 0 Å². The third-order valence-electron chi connectivity index (χ3n) is 5.03. The molecule has 2 aliphatic rings. The molecule has 3 amide bonds. The Morgan fingerprint density at radius 1 is 1.09 bits per heavy atom. The van der Waals surface area contributed by atoms with Crippen LogP contribution in [0.5, 0.6) is 11.5 Å². The van der Waals surface area contributed by atoms with E-state index in [2.05, 4.69) is 15.9 Å². The van der Waals surface area contributed by atoms with Gasteiger partial charge in [0.25, 0.3) is 5.91 Å². The molecule has 0 aromatic heterocycles. The zero-order chi connectivity index (χ0) is 22.8. The van der Waals surface area contributed by atoms with E-state index in [1.165, 1.54) is 4.90 Å². The van der Waals surface area contributed by atoms with Gasteiger partial charge in [-0.3, -0.25) is 14.4 Å². The van der Waals surface area contributed by atoms with E-state index in [1.54, 1.807) is 42.5 Å². The SMILES string of the molecule is O=C(O)/C=C/C(=O)N(Cc1ccc2c(c1)OCO2)[C@H]1CC(=O)N(c2ccc(Br)cc2)C1=O. The summed E-state index contributed by atoms with van der Waals surface area (Å²) in [7, 11) is 0. The summed E-state index contributed by atoms with van der Waals surface area (Å²) in [6.45, 7) is 0.0534. The lowest BCUT2D eigenvalue weighted by atomic mass is 10.1. The number of aliphatic carboxylic acids is 1. The lowest BCUT2D eigenvalue weighted by Gasteiger charge is -2.26. The summed E-state index contributed by atoms with van der Waals surface area (Å²) in [6.07, 6.45) is 1.35. The van der Waals surface area contributed by atoms with Crippen molar-refractivity contribution in [3.63, 3.8) is 0 Å². The van der Waals surface area contributed by atoms with Crippen LogP contribution in [0.15, 0.2) is 59.1 Å². The number of halogens is 1. The van der Waals surface area contributed by atoms with E-state index in [9.17, 15) is 19.2 Å². The highest BCUT2D eigenvalue weighted by Crippen LogP contribution is 2.34. The summed E-state index contributed by atoms with van der Waals surface area (Å²) in [5.41, 5.74) is 1.02. The van der Waals surface area contributed by atoms with Crippen molar-refractivity contribution in [2.45, 2.75) is 19.0 Å². The van der Waals surface area contributed by atoms with Gasteiger partial charge in [-0.1, -0.05) is 22.0 Å². The second kappa shape index (κ2) is 8.83. The maximum Gasteiger partial charge on any atom is 0.328 e. The van der Waals surface area contributed by atoms with Crippen LogP contribution >= 0.6 is 15.9 Å². The molecule has 0 spiro atoms. The fourth-order valence-electron chi connectivity index (χ4n) is 3.54. The molecule has 2 aromatic carbocycles. The Hall–Kier alpha value is -3.66. The minimum absolute atomic E-state index is 0.0305. The smallest absolute Gasteiger partial charge is 0.328 e. The maximum absolute atomic E-state index is 13.2. The number of carboxylic acids is 1. The van der Waals surface area contributed by atoms with Crippen LogP contribution in [-0.2, 0) is 25.7 Å². The molecule has 1 fully saturated rings. The number of hydrogen-bond donors (Lipinski definition) is 1. The molecule has 9 nitrogen and oxygen atoms in total. The number of fused-ring (bicyclic) bond motifs is 1. The highest BCUT2D eigenvalue weighted by atomic mass is 79.9. The number of ether oxygens (including phenoxy) is 2. The standard InChI is InChI=1S/C22H17BrN2O7/c23-14-2-4-15(5-3-14)25-20(27)10-16(22(25)30)24(19(26)7-8-21(28)29)11-13-1-6-17-18(9-13)32-12-31-17/h1-9,16H,10-12H2,(H,28,29)/b8-7+/t16-/m0/s1. The Bertz CT molecular complexity index is 1130. The molecule has 1 atom stereocenters. The predicted octanol–water partition coefficient (Wildman–Crippen LogP) is 2.48. The molecular weight excluding hydrogens is 484 g/mol. The van der Waals surface area contributed by atoms with Gasteiger partial charge < -0.3 is 19.5 Å². The van der Waals surface area contributed by atoms with Gasteiger partial charge in [0, 0.05) is 23.2 Å². The summed E-state index contributed by atoms with van der Waals surface area (Å²) in [5.74, 6) is -1.95. The number of anilines is 1. The van der Waals surface area contributed by atoms with E-state index < -0.39 is 29.7 Å². The highest BCUT2D eigenvalue weighted by Gasteiger charge is 2.44. The number of amides is 3. The summed E-state index contributed by atoms with van der Waals surface area (Å²) in [5, 5.41) is 8.89. The molecule has 2 heterocycles. The van der Waals surface area contributed by atoms with Crippen molar-refractivity contribution in [3.8, 4) is 11.5 Å². The molecule has 10 heteroatoms. The van der Waals surface area contributed by atoms with Crippen LogP contribution in [0.25, 0.3) is 0 Å². The number of hydrogen-bond acceptors (Lipinski definition) is 6. The zero-order valence-electron chi connectivity index (χ0n) is 16.6. The monoisotopic (exact) mass is 500 g/mol. The van der Waals surface area contributed by atoms with E-state index in [1.807, 2.05) is 0 Å². The number of rotatable bonds is 6. The number of carboxylic acid groups (broad SMARTS) is 1. The van der Waals surface area contributed by atoms with Crippen molar-refractivity contribution in [2.75, 3.05) is 11.7 Å². The van der Waals surface area contributed by atoms with Crippen molar-refractivity contribution in [1.29, 1.82) is 0 Å². The fraction of sp³-hybridized carbons (Fsp3) is 0.182. The average Bonchev–Trinajstić information content (AvgIpc) is 3.34. The van der Waals surface area contributed by atoms with Gasteiger partial charge >= 0.3 is 5.97 Å². The summed E-state index contributed by atoms with van der Waals surface area (Å²) in [4.78, 5) is 51.8. The van der Waals surface area contributed by atoms with E-state index in [0.29, 0.717) is 28.8 Å². The van der Waals surface area contributed by atoms with E-state index in [0.717, 1.165) is 15.4 Å². The van der Waals surface area contributed by atoms with Crippen LogP contribution in [0.4, 0.5) is 5.69 Å². The third kappa shape index (κ3) is 4.35. The molecule has 32 heavy (non-hydrogen) atoms. The number of benzene rings is 2. The second-order valence-corrected chi connectivity index (χ2v) is 8.00. The van der Waals surface area contributed by atoms with Gasteiger partial charge in [-0.05, 0) is 42.0 Å².